The second-order valence-electron chi connectivity index (χ2n) is 9.15. The van der Waals surface area contributed by atoms with Crippen LogP contribution < -0.4 is 35.4 Å². The van der Waals surface area contributed by atoms with E-state index in [-0.39, 0.29) is 0 Å². The van der Waals surface area contributed by atoms with Gasteiger partial charge in [0.25, 0.3) is 0 Å². The third-order valence-corrected chi connectivity index (χ3v) is 12.0. The maximum absolute atomic E-state index is 6.13. The number of ether oxygens (including phenoxy) is 3. The third kappa shape index (κ3) is 7.42. The van der Waals surface area contributed by atoms with E-state index in [4.69, 9.17) is 14.2 Å². The molecule has 39 heavy (non-hydrogen) atoms. The van der Waals surface area contributed by atoms with Gasteiger partial charge in [-0.25, -0.2) is 0 Å². The Morgan fingerprint density at radius 3 is 1.18 bits per heavy atom. The molecule has 0 heterocycles. The Hall–Kier alpha value is -2.86. The topological polar surface area (TPSA) is 27.7 Å². The fraction of sp³-hybridized carbons (Fsp3) is 0.294. The summed E-state index contributed by atoms with van der Waals surface area (Å²) in [6, 6.07) is 34.6. The van der Waals surface area contributed by atoms with Gasteiger partial charge in [-0.3, -0.25) is 0 Å². The maximum Gasteiger partial charge on any atom is 0.127 e. The molecule has 0 saturated carbocycles. The standard InChI is InChI=1S/C34H40O3P2/c1-5-35-28-18-9-13-22-32(28)38(31-21-12-8-17-27(31)4)25-16-26-39(33-23-14-10-19-29(33)36-6-2)34-24-15-11-20-30(34)37-7-3/h8-15,17-24H,5-7,16,25-26H2,1-4H3. The monoisotopic (exact) mass is 558 g/mol. The van der Waals surface area contributed by atoms with E-state index in [0.29, 0.717) is 19.8 Å². The predicted molar refractivity (Wildman–Crippen MR) is 171 cm³/mol. The molecule has 4 aromatic carbocycles. The van der Waals surface area contributed by atoms with Crippen LogP contribution in [0.25, 0.3) is 0 Å². The van der Waals surface area contributed by atoms with Gasteiger partial charge in [-0.15, -0.1) is 0 Å². The molecule has 0 N–H and O–H groups in total. The van der Waals surface area contributed by atoms with Crippen molar-refractivity contribution in [2.24, 2.45) is 0 Å². The number of aryl methyl sites for hydroxylation is 1. The third-order valence-electron chi connectivity index (χ3n) is 6.54. The average molecular weight is 559 g/mol. The van der Waals surface area contributed by atoms with Crippen LogP contribution in [0.15, 0.2) is 97.1 Å². The average Bonchev–Trinajstić information content (AvgIpc) is 2.96. The molecule has 0 fully saturated rings. The SMILES string of the molecule is CCOc1ccccc1P(CCCP(c1ccccc1OCC)c1ccccc1OCC)c1ccccc1C. The summed E-state index contributed by atoms with van der Waals surface area (Å²) in [4.78, 5) is 0. The summed E-state index contributed by atoms with van der Waals surface area (Å²) >= 11 is 0. The van der Waals surface area contributed by atoms with E-state index in [0.717, 1.165) is 36.0 Å². The fourth-order valence-electron chi connectivity index (χ4n) is 4.87. The zero-order valence-electron chi connectivity index (χ0n) is 23.6. The number of para-hydroxylation sites is 3. The van der Waals surface area contributed by atoms with E-state index in [1.165, 1.54) is 26.8 Å². The lowest BCUT2D eigenvalue weighted by molar-refractivity contribution is 0.342. The molecule has 0 radical (unpaired) electrons. The minimum Gasteiger partial charge on any atom is -0.493 e. The maximum atomic E-state index is 6.13. The van der Waals surface area contributed by atoms with Crippen LogP contribution in [0.3, 0.4) is 0 Å². The molecule has 204 valence electrons. The molecule has 1 atom stereocenters. The Morgan fingerprint density at radius 1 is 0.462 bits per heavy atom. The van der Waals surface area contributed by atoms with Crippen molar-refractivity contribution in [3.05, 3.63) is 103 Å². The Bertz CT molecular complexity index is 1270. The van der Waals surface area contributed by atoms with E-state index in [2.05, 4.69) is 125 Å². The molecule has 0 spiro atoms. The Labute approximate surface area is 237 Å². The van der Waals surface area contributed by atoms with Crippen LogP contribution >= 0.6 is 15.8 Å². The van der Waals surface area contributed by atoms with E-state index in [9.17, 15) is 0 Å². The molecule has 0 amide bonds. The van der Waals surface area contributed by atoms with Crippen LogP contribution in [0.2, 0.25) is 0 Å². The molecule has 0 aliphatic carbocycles. The van der Waals surface area contributed by atoms with Crippen molar-refractivity contribution in [3.8, 4) is 17.2 Å². The highest BCUT2D eigenvalue weighted by Crippen LogP contribution is 2.44. The second-order valence-corrected chi connectivity index (χ2v) is 13.7. The molecule has 0 saturated heterocycles. The highest BCUT2D eigenvalue weighted by atomic mass is 31.1. The van der Waals surface area contributed by atoms with Crippen molar-refractivity contribution in [2.75, 3.05) is 32.1 Å². The Kier molecular flexibility index (Phi) is 11.3. The van der Waals surface area contributed by atoms with Gasteiger partial charge in [0.1, 0.15) is 17.2 Å². The second kappa shape index (κ2) is 15.1. The summed E-state index contributed by atoms with van der Waals surface area (Å²) in [7, 11) is -1.26. The molecule has 1 unspecified atom stereocenters. The number of benzene rings is 4. The van der Waals surface area contributed by atoms with Crippen LogP contribution in [0, 0.1) is 6.92 Å². The van der Waals surface area contributed by atoms with Crippen molar-refractivity contribution in [1.82, 2.24) is 0 Å². The minimum absolute atomic E-state index is 0.578. The predicted octanol–water partition coefficient (Wildman–Crippen LogP) is 7.15. The van der Waals surface area contributed by atoms with Gasteiger partial charge < -0.3 is 14.2 Å². The highest BCUT2D eigenvalue weighted by molar-refractivity contribution is 7.74. The molecule has 0 aromatic heterocycles. The highest BCUT2D eigenvalue weighted by Gasteiger charge is 2.24. The molecule has 4 aromatic rings. The van der Waals surface area contributed by atoms with Gasteiger partial charge in [0.2, 0.25) is 0 Å². The number of hydrogen-bond donors (Lipinski definition) is 0. The van der Waals surface area contributed by atoms with Crippen molar-refractivity contribution in [3.63, 3.8) is 0 Å². The summed E-state index contributed by atoms with van der Waals surface area (Å²) in [6.07, 6.45) is 3.24. The summed E-state index contributed by atoms with van der Waals surface area (Å²) in [5.41, 5.74) is 1.35. The van der Waals surface area contributed by atoms with Gasteiger partial charge in [0.15, 0.2) is 0 Å². The summed E-state index contributed by atoms with van der Waals surface area (Å²) in [5.74, 6) is 2.99. The van der Waals surface area contributed by atoms with Crippen LogP contribution in [0.4, 0.5) is 0 Å². The lowest BCUT2D eigenvalue weighted by Crippen LogP contribution is -2.21. The van der Waals surface area contributed by atoms with Gasteiger partial charge >= 0.3 is 0 Å². The van der Waals surface area contributed by atoms with E-state index >= 15 is 0 Å². The van der Waals surface area contributed by atoms with Gasteiger partial charge in [-0.05, 0) is 91.3 Å². The van der Waals surface area contributed by atoms with Crippen LogP contribution in [0.1, 0.15) is 32.8 Å². The van der Waals surface area contributed by atoms with Crippen molar-refractivity contribution in [1.29, 1.82) is 0 Å². The summed E-state index contributed by atoms with van der Waals surface area (Å²) < 4.78 is 18.4. The van der Waals surface area contributed by atoms with Crippen LogP contribution in [-0.4, -0.2) is 32.1 Å². The van der Waals surface area contributed by atoms with Crippen LogP contribution in [0.5, 0.6) is 17.2 Å². The first kappa shape index (κ1) is 29.1. The molecule has 4 rings (SSSR count). The van der Waals surface area contributed by atoms with Crippen molar-refractivity contribution < 1.29 is 14.2 Å². The first-order valence-corrected chi connectivity index (χ1v) is 17.0. The molecular weight excluding hydrogens is 518 g/mol. The Balaban J connectivity index is 1.70. The first-order valence-electron chi connectivity index (χ1n) is 13.9. The molecule has 0 aliphatic heterocycles. The summed E-state index contributed by atoms with van der Waals surface area (Å²) in [5, 5.41) is 5.35. The number of hydrogen-bond acceptors (Lipinski definition) is 3. The summed E-state index contributed by atoms with van der Waals surface area (Å²) in [6.45, 7) is 10.4. The lowest BCUT2D eigenvalue weighted by Gasteiger charge is -2.26. The zero-order valence-corrected chi connectivity index (χ0v) is 25.4. The quantitative estimate of drug-likeness (QED) is 0.154. The molecule has 3 nitrogen and oxygen atoms in total. The normalized spacial score (nSPS) is 11.8. The van der Waals surface area contributed by atoms with Gasteiger partial charge in [-0.2, -0.15) is 0 Å². The van der Waals surface area contributed by atoms with E-state index in [1.807, 2.05) is 0 Å². The van der Waals surface area contributed by atoms with E-state index in [1.54, 1.807) is 0 Å². The Morgan fingerprint density at radius 2 is 0.795 bits per heavy atom. The zero-order chi connectivity index (χ0) is 27.5. The lowest BCUT2D eigenvalue weighted by atomic mass is 10.2. The van der Waals surface area contributed by atoms with Gasteiger partial charge in [0.05, 0.1) is 19.8 Å². The molecular formula is C34H40O3P2. The number of rotatable bonds is 14. The van der Waals surface area contributed by atoms with Gasteiger partial charge in [-0.1, -0.05) is 78.9 Å². The largest absolute Gasteiger partial charge is 0.493 e. The van der Waals surface area contributed by atoms with Crippen molar-refractivity contribution >= 4 is 37.1 Å². The molecule has 0 bridgehead atoms. The molecule has 0 aliphatic rings. The van der Waals surface area contributed by atoms with Gasteiger partial charge in [0, 0.05) is 15.9 Å². The fourth-order valence-corrected chi connectivity index (χ4v) is 10.3. The van der Waals surface area contributed by atoms with Crippen LogP contribution in [-0.2, 0) is 0 Å². The smallest absolute Gasteiger partial charge is 0.127 e. The van der Waals surface area contributed by atoms with Crippen molar-refractivity contribution in [2.45, 2.75) is 34.1 Å². The molecule has 5 heteroatoms. The minimum atomic E-state index is -0.677. The van der Waals surface area contributed by atoms with E-state index < -0.39 is 15.8 Å². The first-order chi connectivity index (χ1) is 19.2.